The monoisotopic (exact) mass is 520 g/mol. The van der Waals surface area contributed by atoms with Crippen LogP contribution in [0.15, 0.2) is 12.4 Å². The van der Waals surface area contributed by atoms with Crippen LogP contribution in [0.4, 0.5) is 31.0 Å². The fraction of sp³-hybridized carbons (Fsp3) is 0.680. The highest BCUT2D eigenvalue weighted by atomic mass is 19.3. The van der Waals surface area contributed by atoms with Gasteiger partial charge in [0.1, 0.15) is 5.82 Å². The zero-order valence-electron chi connectivity index (χ0n) is 22.1. The van der Waals surface area contributed by atoms with Gasteiger partial charge in [-0.15, -0.1) is 0 Å². The molecule has 1 amide bonds. The van der Waals surface area contributed by atoms with E-state index in [1.54, 1.807) is 4.90 Å². The Hall–Kier alpha value is -3.02. The Morgan fingerprint density at radius 1 is 1.24 bits per heavy atom. The first-order valence-electron chi connectivity index (χ1n) is 12.9. The molecule has 10 nitrogen and oxygen atoms in total. The van der Waals surface area contributed by atoms with Gasteiger partial charge in [-0.1, -0.05) is 13.8 Å². The number of ether oxygens (including phenoxy) is 1. The Morgan fingerprint density at radius 2 is 2.00 bits per heavy atom. The van der Waals surface area contributed by atoms with E-state index in [0.29, 0.717) is 38.7 Å². The van der Waals surface area contributed by atoms with Gasteiger partial charge in [0.25, 0.3) is 6.43 Å². The number of rotatable bonds is 9. The molecular weight excluding hydrogens is 482 g/mol. The van der Waals surface area contributed by atoms with Gasteiger partial charge in [0, 0.05) is 37.4 Å². The van der Waals surface area contributed by atoms with Crippen molar-refractivity contribution in [1.82, 2.24) is 29.5 Å². The van der Waals surface area contributed by atoms with E-state index in [9.17, 15) is 13.6 Å². The number of aryl methyl sites for hydroxylation is 1. The third-order valence-corrected chi connectivity index (χ3v) is 7.08. The van der Waals surface area contributed by atoms with Crippen molar-refractivity contribution in [3.63, 3.8) is 0 Å². The molecule has 204 valence electrons. The molecular formula is C25H38F2N8O2. The molecule has 2 N–H and O–H groups in total. The van der Waals surface area contributed by atoms with Gasteiger partial charge in [-0.25, -0.2) is 18.6 Å². The molecule has 0 radical (unpaired) electrons. The molecule has 12 heteroatoms. The van der Waals surface area contributed by atoms with Crippen LogP contribution in [0, 0.1) is 12.3 Å². The summed E-state index contributed by atoms with van der Waals surface area (Å²) >= 11 is 0. The molecule has 0 bridgehead atoms. The van der Waals surface area contributed by atoms with E-state index in [0.717, 1.165) is 49.9 Å². The van der Waals surface area contributed by atoms with Gasteiger partial charge in [0.15, 0.2) is 0 Å². The number of halogens is 2. The number of nitrogens with one attached hydrogen (secondary N) is 2. The average Bonchev–Trinajstić information content (AvgIpc) is 3.15. The van der Waals surface area contributed by atoms with E-state index < -0.39 is 6.43 Å². The predicted molar refractivity (Wildman–Crippen MR) is 137 cm³/mol. The number of likely N-dealkylation sites (tertiary alicyclic amines) is 1. The summed E-state index contributed by atoms with van der Waals surface area (Å²) in [6, 6.07) is 0.331. The van der Waals surface area contributed by atoms with E-state index in [4.69, 9.17) is 4.74 Å². The first-order valence-corrected chi connectivity index (χ1v) is 12.9. The highest BCUT2D eigenvalue weighted by Crippen LogP contribution is 2.29. The van der Waals surface area contributed by atoms with Gasteiger partial charge < -0.3 is 25.2 Å². The van der Waals surface area contributed by atoms with Crippen LogP contribution in [0.1, 0.15) is 63.3 Å². The quantitative estimate of drug-likeness (QED) is 0.463. The summed E-state index contributed by atoms with van der Waals surface area (Å²) in [6.07, 6.45) is 3.49. The van der Waals surface area contributed by atoms with Crippen LogP contribution in [0.2, 0.25) is 0 Å². The van der Waals surface area contributed by atoms with Crippen LogP contribution in [0.3, 0.4) is 0 Å². The molecule has 2 aromatic rings. The van der Waals surface area contributed by atoms with E-state index >= 15 is 0 Å². The first kappa shape index (κ1) is 27.0. The number of hydrogen-bond donors (Lipinski definition) is 2. The van der Waals surface area contributed by atoms with E-state index in [-0.39, 0.29) is 28.8 Å². The van der Waals surface area contributed by atoms with Crippen molar-refractivity contribution >= 4 is 23.5 Å². The molecule has 2 fully saturated rings. The van der Waals surface area contributed by atoms with Crippen molar-refractivity contribution in [3.8, 4) is 0 Å². The smallest absolute Gasteiger partial charge is 0.409 e. The second-order valence-electron chi connectivity index (χ2n) is 10.8. The lowest BCUT2D eigenvalue weighted by Gasteiger charge is -2.28. The van der Waals surface area contributed by atoms with E-state index in [1.807, 2.05) is 17.8 Å². The molecule has 0 aliphatic carbocycles. The third kappa shape index (κ3) is 7.06. The maximum atomic E-state index is 13.6. The topological polar surface area (TPSA) is 100 Å². The second kappa shape index (κ2) is 11.6. The van der Waals surface area contributed by atoms with Crippen molar-refractivity contribution in [2.45, 2.75) is 58.9 Å². The van der Waals surface area contributed by atoms with Crippen LogP contribution in [0.5, 0.6) is 0 Å². The van der Waals surface area contributed by atoms with Crippen molar-refractivity contribution < 1.29 is 18.3 Å². The number of alkyl halides is 2. The van der Waals surface area contributed by atoms with Crippen LogP contribution in [-0.2, 0) is 4.74 Å². The number of carbonyl (C=O) groups is 1. The number of nitrogens with zero attached hydrogens (tertiary/aromatic N) is 6. The number of aromatic nitrogens is 4. The predicted octanol–water partition coefficient (Wildman–Crippen LogP) is 4.60. The fourth-order valence-corrected chi connectivity index (χ4v) is 4.55. The summed E-state index contributed by atoms with van der Waals surface area (Å²) in [7, 11) is 2.12. The zero-order chi connectivity index (χ0) is 26.6. The van der Waals surface area contributed by atoms with Crippen molar-refractivity contribution in [3.05, 3.63) is 23.7 Å². The Kier molecular flexibility index (Phi) is 8.46. The average molecular weight is 521 g/mol. The molecule has 4 rings (SSSR count). The zero-order valence-corrected chi connectivity index (χ0v) is 22.1. The standard InChI is InChI=1S/C25H38F2N8O2/c1-17-20(15-35(32-17)18-6-11-33(4)12-7-18)30-23-29-14-19(21(26)27)22(31-23)28-9-5-10-34-13-8-25(2,3)16-37-24(34)36/h14-15,18,21H,5-13,16H2,1-4H3,(H2,28,29,30,31). The number of hydrogen-bond acceptors (Lipinski definition) is 8. The minimum Gasteiger partial charge on any atom is -0.449 e. The lowest BCUT2D eigenvalue weighted by molar-refractivity contribution is 0.0938. The summed E-state index contributed by atoms with van der Waals surface area (Å²) in [5, 5.41) is 10.8. The minimum absolute atomic E-state index is 0.0544. The highest BCUT2D eigenvalue weighted by Gasteiger charge is 2.28. The van der Waals surface area contributed by atoms with Gasteiger partial charge in [-0.2, -0.15) is 10.1 Å². The van der Waals surface area contributed by atoms with Gasteiger partial charge in [-0.3, -0.25) is 4.68 Å². The summed E-state index contributed by atoms with van der Waals surface area (Å²) in [5.74, 6) is 0.295. The highest BCUT2D eigenvalue weighted by molar-refractivity contribution is 5.67. The van der Waals surface area contributed by atoms with E-state index in [2.05, 4.69) is 51.5 Å². The Balaban J connectivity index is 1.37. The van der Waals surface area contributed by atoms with Crippen LogP contribution < -0.4 is 10.6 Å². The molecule has 2 saturated heterocycles. The van der Waals surface area contributed by atoms with E-state index in [1.165, 1.54) is 0 Å². The van der Waals surface area contributed by atoms with Crippen molar-refractivity contribution in [2.24, 2.45) is 5.41 Å². The molecule has 2 aliphatic rings. The third-order valence-electron chi connectivity index (χ3n) is 7.08. The summed E-state index contributed by atoms with van der Waals surface area (Å²) < 4.78 is 34.6. The molecule has 37 heavy (non-hydrogen) atoms. The largest absolute Gasteiger partial charge is 0.449 e. The van der Waals surface area contributed by atoms with Crippen LogP contribution in [0.25, 0.3) is 0 Å². The summed E-state index contributed by atoms with van der Waals surface area (Å²) in [5.41, 5.74) is 1.22. The second-order valence-corrected chi connectivity index (χ2v) is 10.8. The summed E-state index contributed by atoms with van der Waals surface area (Å²) in [4.78, 5) is 24.6. The van der Waals surface area contributed by atoms with Gasteiger partial charge in [0.05, 0.1) is 29.6 Å². The first-order chi connectivity index (χ1) is 17.6. The van der Waals surface area contributed by atoms with Gasteiger partial charge in [0.2, 0.25) is 5.95 Å². The SMILES string of the molecule is Cc1nn(C2CCN(C)CC2)cc1Nc1ncc(C(F)F)c(NCCCN2CCC(C)(C)COC2=O)n1. The maximum Gasteiger partial charge on any atom is 0.409 e. The molecule has 2 aliphatic heterocycles. The molecule has 0 atom stereocenters. The Labute approximate surface area is 216 Å². The molecule has 0 saturated carbocycles. The van der Waals surface area contributed by atoms with Gasteiger partial charge >= 0.3 is 6.09 Å². The Morgan fingerprint density at radius 3 is 2.73 bits per heavy atom. The number of carbonyl (C=O) groups excluding carboxylic acids is 1. The normalized spacial score (nSPS) is 19.1. The number of amides is 1. The number of anilines is 3. The van der Waals surface area contributed by atoms with Gasteiger partial charge in [-0.05, 0) is 52.7 Å². The number of cyclic esters (lactones) is 1. The Bertz CT molecular complexity index is 1070. The molecule has 2 aromatic heterocycles. The van der Waals surface area contributed by atoms with Crippen molar-refractivity contribution in [2.75, 3.05) is 57.0 Å². The summed E-state index contributed by atoms with van der Waals surface area (Å²) in [6.45, 7) is 9.93. The molecule has 0 aromatic carbocycles. The maximum absolute atomic E-state index is 13.6. The fourth-order valence-electron chi connectivity index (χ4n) is 4.55. The lowest BCUT2D eigenvalue weighted by atomic mass is 9.91. The lowest BCUT2D eigenvalue weighted by Crippen LogP contribution is -2.32. The van der Waals surface area contributed by atoms with Crippen molar-refractivity contribution in [1.29, 1.82) is 0 Å². The molecule has 0 unspecified atom stereocenters. The van der Waals surface area contributed by atoms with Crippen LogP contribution in [-0.4, -0.2) is 82.0 Å². The molecule has 4 heterocycles. The molecule has 0 spiro atoms. The minimum atomic E-state index is -2.71. The number of piperidine rings is 1. The van der Waals surface area contributed by atoms with Crippen LogP contribution >= 0.6 is 0 Å².